The first-order chi connectivity index (χ1) is 12.4. The van der Waals surface area contributed by atoms with Gasteiger partial charge in [0, 0.05) is 24.7 Å². The minimum absolute atomic E-state index is 0.0131. The van der Waals surface area contributed by atoms with Gasteiger partial charge in [-0.25, -0.2) is 0 Å². The summed E-state index contributed by atoms with van der Waals surface area (Å²) in [6.45, 7) is 2.28. The first-order valence-electron chi connectivity index (χ1n) is 8.24. The number of nitrogen functional groups attached to an aromatic ring is 1. The van der Waals surface area contributed by atoms with E-state index in [4.69, 9.17) is 22.1 Å². The fourth-order valence-electron chi connectivity index (χ4n) is 2.35. The monoisotopic (exact) mass is 375 g/mol. The third-order valence-corrected chi connectivity index (χ3v) is 4.06. The molecule has 4 N–H and O–H groups in total. The Hall–Kier alpha value is -2.73. The minimum atomic E-state index is -0.316. The lowest BCUT2D eigenvalue weighted by molar-refractivity contribution is -0.116. The first-order valence-corrected chi connectivity index (χ1v) is 8.62. The summed E-state index contributed by atoms with van der Waals surface area (Å²) >= 11 is 5.99. The summed E-state index contributed by atoms with van der Waals surface area (Å²) < 4.78 is 5.19. The van der Waals surface area contributed by atoms with Crippen LogP contribution in [0.1, 0.15) is 35.7 Å². The zero-order valence-electron chi connectivity index (χ0n) is 14.8. The van der Waals surface area contributed by atoms with Gasteiger partial charge in [-0.05, 0) is 30.2 Å². The van der Waals surface area contributed by atoms with Crippen LogP contribution in [0.2, 0.25) is 5.02 Å². The highest BCUT2D eigenvalue weighted by molar-refractivity contribution is 6.33. The van der Waals surface area contributed by atoms with Gasteiger partial charge in [-0.2, -0.15) is 0 Å². The molecule has 0 saturated carbocycles. The van der Waals surface area contributed by atoms with Gasteiger partial charge in [0.1, 0.15) is 5.75 Å². The van der Waals surface area contributed by atoms with E-state index in [1.54, 1.807) is 12.1 Å². The predicted octanol–water partition coefficient (Wildman–Crippen LogP) is 3.60. The molecule has 26 heavy (non-hydrogen) atoms. The average molecular weight is 376 g/mol. The standard InChI is InChI=1S/C19H22ClN3O3/c1-3-4-18(24)23-13-7-5-12(6-8-13)11-22-19(25)14-9-15(20)16(21)10-17(14)26-2/h5-10H,3-4,11,21H2,1-2H3,(H,22,25)(H,23,24). The molecule has 138 valence electrons. The molecule has 0 aromatic heterocycles. The molecule has 7 heteroatoms. The van der Waals surface area contributed by atoms with Crippen LogP contribution in [-0.4, -0.2) is 18.9 Å². The van der Waals surface area contributed by atoms with Crippen molar-refractivity contribution in [1.82, 2.24) is 5.32 Å². The number of nitrogens with one attached hydrogen (secondary N) is 2. The van der Waals surface area contributed by atoms with Crippen LogP contribution in [0.15, 0.2) is 36.4 Å². The molecule has 0 spiro atoms. The number of amides is 2. The van der Waals surface area contributed by atoms with Crippen LogP contribution in [0.5, 0.6) is 5.75 Å². The van der Waals surface area contributed by atoms with Crippen molar-refractivity contribution in [3.63, 3.8) is 0 Å². The van der Waals surface area contributed by atoms with Gasteiger partial charge in [-0.3, -0.25) is 9.59 Å². The van der Waals surface area contributed by atoms with Crippen LogP contribution < -0.4 is 21.1 Å². The number of methoxy groups -OCH3 is 1. The van der Waals surface area contributed by atoms with E-state index in [9.17, 15) is 9.59 Å². The molecule has 0 bridgehead atoms. The van der Waals surface area contributed by atoms with Crippen LogP contribution in [0.3, 0.4) is 0 Å². The summed E-state index contributed by atoms with van der Waals surface area (Å²) in [4.78, 5) is 24.0. The van der Waals surface area contributed by atoms with E-state index in [0.717, 1.165) is 17.7 Å². The number of nitrogens with two attached hydrogens (primary N) is 1. The number of hydrogen-bond donors (Lipinski definition) is 3. The Balaban J connectivity index is 1.99. The van der Waals surface area contributed by atoms with Gasteiger partial charge in [-0.1, -0.05) is 30.7 Å². The number of ether oxygens (including phenoxy) is 1. The van der Waals surface area contributed by atoms with Crippen molar-refractivity contribution >= 4 is 34.8 Å². The van der Waals surface area contributed by atoms with Gasteiger partial charge in [-0.15, -0.1) is 0 Å². The highest BCUT2D eigenvalue weighted by Crippen LogP contribution is 2.28. The predicted molar refractivity (Wildman–Crippen MR) is 104 cm³/mol. The number of benzene rings is 2. The maximum Gasteiger partial charge on any atom is 0.255 e. The van der Waals surface area contributed by atoms with Crippen molar-refractivity contribution in [1.29, 1.82) is 0 Å². The van der Waals surface area contributed by atoms with E-state index in [1.165, 1.54) is 19.2 Å². The largest absolute Gasteiger partial charge is 0.496 e. The fourth-order valence-corrected chi connectivity index (χ4v) is 2.51. The second-order valence-corrected chi connectivity index (χ2v) is 6.16. The zero-order valence-corrected chi connectivity index (χ0v) is 15.5. The quantitative estimate of drug-likeness (QED) is 0.644. The summed E-state index contributed by atoms with van der Waals surface area (Å²) in [5, 5.41) is 5.92. The lowest BCUT2D eigenvalue weighted by Crippen LogP contribution is -2.23. The average Bonchev–Trinajstić information content (AvgIpc) is 2.63. The molecule has 0 aliphatic rings. The molecule has 2 aromatic rings. The van der Waals surface area contributed by atoms with Crippen molar-refractivity contribution in [2.45, 2.75) is 26.3 Å². The number of rotatable bonds is 7. The van der Waals surface area contributed by atoms with Gasteiger partial charge in [0.25, 0.3) is 5.91 Å². The lowest BCUT2D eigenvalue weighted by Gasteiger charge is -2.11. The molecule has 0 fully saturated rings. The summed E-state index contributed by atoms with van der Waals surface area (Å²) in [5.41, 5.74) is 8.01. The smallest absolute Gasteiger partial charge is 0.255 e. The molecular weight excluding hydrogens is 354 g/mol. The molecule has 2 amide bonds. The second kappa shape index (κ2) is 9.10. The topological polar surface area (TPSA) is 93.5 Å². The van der Waals surface area contributed by atoms with E-state index in [-0.39, 0.29) is 11.8 Å². The van der Waals surface area contributed by atoms with Gasteiger partial charge in [0.2, 0.25) is 5.91 Å². The van der Waals surface area contributed by atoms with Crippen LogP contribution >= 0.6 is 11.6 Å². The summed E-state index contributed by atoms with van der Waals surface area (Å²) in [5.74, 6) is 0.0309. The van der Waals surface area contributed by atoms with Crippen LogP contribution in [-0.2, 0) is 11.3 Å². The van der Waals surface area contributed by atoms with Crippen molar-refractivity contribution in [3.05, 3.63) is 52.5 Å². The highest BCUT2D eigenvalue weighted by Gasteiger charge is 2.14. The summed E-state index contributed by atoms with van der Waals surface area (Å²) in [7, 11) is 1.46. The number of anilines is 2. The molecule has 2 rings (SSSR count). The Morgan fingerprint density at radius 3 is 2.50 bits per heavy atom. The van der Waals surface area contributed by atoms with Gasteiger partial charge in [0.05, 0.1) is 23.4 Å². The van der Waals surface area contributed by atoms with Crippen LogP contribution in [0, 0.1) is 0 Å². The number of hydrogen-bond acceptors (Lipinski definition) is 4. The lowest BCUT2D eigenvalue weighted by atomic mass is 10.1. The molecular formula is C19H22ClN3O3. The molecule has 2 aromatic carbocycles. The van der Waals surface area contributed by atoms with E-state index >= 15 is 0 Å². The van der Waals surface area contributed by atoms with Gasteiger partial charge >= 0.3 is 0 Å². The van der Waals surface area contributed by atoms with E-state index in [1.807, 2.05) is 19.1 Å². The number of carbonyl (C=O) groups excluding carboxylic acids is 2. The van der Waals surface area contributed by atoms with Crippen LogP contribution in [0.25, 0.3) is 0 Å². The molecule has 0 heterocycles. The summed E-state index contributed by atoms with van der Waals surface area (Å²) in [6.07, 6.45) is 1.29. The molecule has 0 aliphatic heterocycles. The number of halogens is 1. The third kappa shape index (κ3) is 5.13. The van der Waals surface area contributed by atoms with Crippen molar-refractivity contribution in [3.8, 4) is 5.75 Å². The SMILES string of the molecule is CCCC(=O)Nc1ccc(CNC(=O)c2cc(Cl)c(N)cc2OC)cc1. The Morgan fingerprint density at radius 1 is 1.19 bits per heavy atom. The Labute approximate surface area is 157 Å². The van der Waals surface area contributed by atoms with Gasteiger partial charge in [0.15, 0.2) is 0 Å². The Kier molecular flexibility index (Phi) is 6.86. The van der Waals surface area contributed by atoms with E-state index in [0.29, 0.717) is 35.0 Å². The van der Waals surface area contributed by atoms with E-state index < -0.39 is 0 Å². The second-order valence-electron chi connectivity index (χ2n) is 5.75. The number of carbonyl (C=O) groups is 2. The minimum Gasteiger partial charge on any atom is -0.496 e. The maximum absolute atomic E-state index is 12.4. The third-order valence-electron chi connectivity index (χ3n) is 3.73. The zero-order chi connectivity index (χ0) is 19.1. The Morgan fingerprint density at radius 2 is 1.88 bits per heavy atom. The van der Waals surface area contributed by atoms with Crippen LogP contribution in [0.4, 0.5) is 11.4 Å². The highest BCUT2D eigenvalue weighted by atomic mass is 35.5. The van der Waals surface area contributed by atoms with Gasteiger partial charge < -0.3 is 21.1 Å². The molecule has 0 aliphatic carbocycles. The molecule has 6 nitrogen and oxygen atoms in total. The molecule has 0 radical (unpaired) electrons. The van der Waals surface area contributed by atoms with Crippen molar-refractivity contribution < 1.29 is 14.3 Å². The van der Waals surface area contributed by atoms with Crippen molar-refractivity contribution in [2.24, 2.45) is 0 Å². The fraction of sp³-hybridized carbons (Fsp3) is 0.263. The normalized spacial score (nSPS) is 10.3. The Bertz CT molecular complexity index is 791. The summed E-state index contributed by atoms with van der Waals surface area (Å²) in [6, 6.07) is 10.3. The molecule has 0 saturated heterocycles. The van der Waals surface area contributed by atoms with E-state index in [2.05, 4.69) is 10.6 Å². The van der Waals surface area contributed by atoms with Crippen molar-refractivity contribution in [2.75, 3.05) is 18.2 Å². The maximum atomic E-state index is 12.4. The molecule has 0 unspecified atom stereocenters. The molecule has 0 atom stereocenters. The first kappa shape index (κ1) is 19.6.